The van der Waals surface area contributed by atoms with Gasteiger partial charge in [-0.05, 0) is 19.9 Å². The lowest BCUT2D eigenvalue weighted by atomic mass is 9.79. The second-order valence-electron chi connectivity index (χ2n) is 4.56. The Kier molecular flexibility index (Phi) is 4.36. The van der Waals surface area contributed by atoms with Gasteiger partial charge in [0.1, 0.15) is 24.5 Å². The molecule has 0 aliphatic carbocycles. The minimum absolute atomic E-state index is 0.0569. The fourth-order valence-electron chi connectivity index (χ4n) is 1.80. The van der Waals surface area contributed by atoms with Crippen LogP contribution in [0.25, 0.3) is 0 Å². The van der Waals surface area contributed by atoms with Crippen molar-refractivity contribution < 1.29 is 19.2 Å². The second-order valence-corrected chi connectivity index (χ2v) is 4.56. The summed E-state index contributed by atoms with van der Waals surface area (Å²) >= 11 is 0. The van der Waals surface area contributed by atoms with E-state index in [2.05, 4.69) is 10.1 Å². The summed E-state index contributed by atoms with van der Waals surface area (Å²) in [6.45, 7) is 3.95. The Hall–Kier alpha value is -1.93. The van der Waals surface area contributed by atoms with Gasteiger partial charge in [0.2, 0.25) is 0 Å². The summed E-state index contributed by atoms with van der Waals surface area (Å²) in [6.07, 6.45) is 1.41. The molecule has 0 radical (unpaired) electrons. The lowest BCUT2D eigenvalue weighted by Crippen LogP contribution is -2.31. The Morgan fingerprint density at radius 3 is 2.80 bits per heavy atom. The van der Waals surface area contributed by atoms with Gasteiger partial charge in [0, 0.05) is 17.6 Å². The molecule has 1 aromatic carbocycles. The molecule has 106 valence electrons. The Morgan fingerprint density at radius 2 is 2.15 bits per heavy atom. The maximum atomic E-state index is 13.2. The van der Waals surface area contributed by atoms with Gasteiger partial charge in [0.25, 0.3) is 0 Å². The van der Waals surface area contributed by atoms with Gasteiger partial charge in [-0.1, -0.05) is 6.07 Å². The molecular formula is C12H15BFN3O3. The van der Waals surface area contributed by atoms with Crippen LogP contribution in [0, 0.1) is 5.82 Å². The molecule has 1 aromatic heterocycles. The van der Waals surface area contributed by atoms with E-state index in [4.69, 9.17) is 4.74 Å². The van der Waals surface area contributed by atoms with Gasteiger partial charge in [-0.25, -0.2) is 14.1 Å². The Bertz CT molecular complexity index is 589. The van der Waals surface area contributed by atoms with Gasteiger partial charge in [-0.15, -0.1) is 0 Å². The molecule has 2 aromatic rings. The van der Waals surface area contributed by atoms with E-state index < -0.39 is 12.9 Å². The second kappa shape index (κ2) is 6.02. The maximum absolute atomic E-state index is 13.2. The first-order valence-corrected chi connectivity index (χ1v) is 6.15. The van der Waals surface area contributed by atoms with E-state index in [1.165, 1.54) is 12.4 Å². The van der Waals surface area contributed by atoms with Crippen LogP contribution < -0.4 is 10.2 Å². The quantitative estimate of drug-likeness (QED) is 0.767. The fraction of sp³-hybridized carbons (Fsp3) is 0.333. The lowest BCUT2D eigenvalue weighted by molar-refractivity contribution is 0.282. The van der Waals surface area contributed by atoms with Crippen molar-refractivity contribution in [3.63, 3.8) is 0 Å². The summed E-state index contributed by atoms with van der Waals surface area (Å²) in [5.41, 5.74) is 0.0991. The third kappa shape index (κ3) is 3.15. The third-order valence-corrected chi connectivity index (χ3v) is 2.75. The number of nitrogens with zero attached hydrogens (tertiary/aromatic N) is 3. The van der Waals surface area contributed by atoms with E-state index in [0.29, 0.717) is 5.82 Å². The van der Waals surface area contributed by atoms with Crippen LogP contribution in [0.15, 0.2) is 24.5 Å². The fourth-order valence-corrected chi connectivity index (χ4v) is 1.80. The number of rotatable bonds is 5. The molecule has 0 fully saturated rings. The van der Waals surface area contributed by atoms with E-state index in [1.54, 1.807) is 4.68 Å². The molecule has 0 atom stereocenters. The molecule has 0 spiro atoms. The zero-order chi connectivity index (χ0) is 14.7. The minimum atomic E-state index is -1.73. The molecule has 6 nitrogen and oxygen atoms in total. The van der Waals surface area contributed by atoms with Gasteiger partial charge in [-0.3, -0.25) is 0 Å². The molecule has 0 aliphatic heterocycles. The number of aromatic nitrogens is 3. The highest BCUT2D eigenvalue weighted by Gasteiger charge is 2.18. The van der Waals surface area contributed by atoms with Crippen LogP contribution in [0.4, 0.5) is 4.39 Å². The Morgan fingerprint density at radius 1 is 1.40 bits per heavy atom. The van der Waals surface area contributed by atoms with Crippen LogP contribution in [0.3, 0.4) is 0 Å². The van der Waals surface area contributed by atoms with Crippen LogP contribution in [-0.4, -0.2) is 31.9 Å². The molecule has 1 heterocycles. The normalized spacial score (nSPS) is 10.9. The highest BCUT2D eigenvalue weighted by Crippen LogP contribution is 2.13. The first kappa shape index (κ1) is 14.5. The van der Waals surface area contributed by atoms with E-state index in [1.807, 2.05) is 13.8 Å². The number of hydrogen-bond donors (Lipinski definition) is 2. The number of hydrogen-bond acceptors (Lipinski definition) is 5. The predicted molar refractivity (Wildman–Crippen MR) is 71.0 cm³/mol. The molecule has 0 saturated heterocycles. The summed E-state index contributed by atoms with van der Waals surface area (Å²) in [5, 5.41) is 22.5. The van der Waals surface area contributed by atoms with Crippen molar-refractivity contribution in [1.29, 1.82) is 0 Å². The van der Waals surface area contributed by atoms with Gasteiger partial charge in [-0.2, -0.15) is 5.10 Å². The monoisotopic (exact) mass is 279 g/mol. The summed E-state index contributed by atoms with van der Waals surface area (Å²) in [4.78, 5) is 4.06. The molecule has 0 amide bonds. The van der Waals surface area contributed by atoms with Crippen molar-refractivity contribution in [1.82, 2.24) is 14.8 Å². The summed E-state index contributed by atoms with van der Waals surface area (Å²) < 4.78 is 20.3. The standard InChI is InChI=1S/C12H15BFN3O3/c1-8(2)17-12(15-7-16-17)6-20-11-5-9(14)3-4-10(11)13(18)19/h3-5,7-8,18-19H,6H2,1-2H3. The third-order valence-electron chi connectivity index (χ3n) is 2.75. The van der Waals surface area contributed by atoms with Crippen molar-refractivity contribution in [3.8, 4) is 5.75 Å². The highest BCUT2D eigenvalue weighted by molar-refractivity contribution is 6.59. The van der Waals surface area contributed by atoms with Crippen LogP contribution in [0.2, 0.25) is 0 Å². The summed E-state index contributed by atoms with van der Waals surface area (Å²) in [7, 11) is -1.73. The molecule has 0 saturated carbocycles. The topological polar surface area (TPSA) is 80.4 Å². The lowest BCUT2D eigenvalue weighted by Gasteiger charge is -2.13. The molecule has 8 heteroatoms. The highest BCUT2D eigenvalue weighted by atomic mass is 19.1. The zero-order valence-corrected chi connectivity index (χ0v) is 11.2. The van der Waals surface area contributed by atoms with Gasteiger partial charge in [0.15, 0.2) is 5.82 Å². The predicted octanol–water partition coefficient (Wildman–Crippen LogP) is 0.257. The Balaban J connectivity index is 2.18. The Labute approximate surface area is 116 Å². The molecule has 2 N–H and O–H groups in total. The smallest absolute Gasteiger partial charge is 0.486 e. The number of ether oxygens (including phenoxy) is 1. The largest absolute Gasteiger partial charge is 0.492 e. The number of benzene rings is 1. The molecular weight excluding hydrogens is 264 g/mol. The molecule has 20 heavy (non-hydrogen) atoms. The van der Waals surface area contributed by atoms with Crippen LogP contribution in [0.1, 0.15) is 25.7 Å². The van der Waals surface area contributed by atoms with Crippen molar-refractivity contribution in [2.45, 2.75) is 26.5 Å². The van der Waals surface area contributed by atoms with Crippen molar-refractivity contribution in [2.24, 2.45) is 0 Å². The molecule has 0 bridgehead atoms. The van der Waals surface area contributed by atoms with E-state index in [-0.39, 0.29) is 23.9 Å². The van der Waals surface area contributed by atoms with Gasteiger partial charge in [0.05, 0.1) is 0 Å². The summed E-state index contributed by atoms with van der Waals surface area (Å²) in [6, 6.07) is 3.62. The van der Waals surface area contributed by atoms with Crippen LogP contribution in [0.5, 0.6) is 5.75 Å². The van der Waals surface area contributed by atoms with Crippen LogP contribution >= 0.6 is 0 Å². The SMILES string of the molecule is CC(C)n1ncnc1COc1cc(F)ccc1B(O)O. The average Bonchev–Trinajstić information content (AvgIpc) is 2.84. The molecule has 2 rings (SSSR count). The molecule has 0 unspecified atom stereocenters. The van der Waals surface area contributed by atoms with E-state index >= 15 is 0 Å². The first-order chi connectivity index (χ1) is 9.49. The maximum Gasteiger partial charge on any atom is 0.492 e. The van der Waals surface area contributed by atoms with Gasteiger partial charge >= 0.3 is 7.12 Å². The first-order valence-electron chi connectivity index (χ1n) is 6.15. The van der Waals surface area contributed by atoms with Crippen molar-refractivity contribution >= 4 is 12.6 Å². The summed E-state index contributed by atoms with van der Waals surface area (Å²) in [5.74, 6) is 0.121. The van der Waals surface area contributed by atoms with E-state index in [9.17, 15) is 14.4 Å². The number of halogens is 1. The minimum Gasteiger partial charge on any atom is -0.486 e. The van der Waals surface area contributed by atoms with Crippen molar-refractivity contribution in [2.75, 3.05) is 0 Å². The van der Waals surface area contributed by atoms with Crippen molar-refractivity contribution in [3.05, 3.63) is 36.2 Å². The van der Waals surface area contributed by atoms with Crippen LogP contribution in [-0.2, 0) is 6.61 Å². The van der Waals surface area contributed by atoms with Gasteiger partial charge < -0.3 is 14.8 Å². The zero-order valence-electron chi connectivity index (χ0n) is 11.2. The molecule has 0 aliphatic rings. The average molecular weight is 279 g/mol. The van der Waals surface area contributed by atoms with E-state index in [0.717, 1.165) is 12.1 Å².